The maximum atomic E-state index is 10.6. The van der Waals surface area contributed by atoms with Crippen LogP contribution in [0.25, 0.3) is 0 Å². The fraction of sp³-hybridized carbons (Fsp3) is 0.200. The highest BCUT2D eigenvalue weighted by Gasteiger charge is 2.26. The molecule has 16 heavy (non-hydrogen) atoms. The summed E-state index contributed by atoms with van der Waals surface area (Å²) in [4.78, 5) is 21.2. The molecule has 0 fully saturated rings. The first kappa shape index (κ1) is 11.8. The van der Waals surface area contributed by atoms with Crippen LogP contribution in [0.4, 0.5) is 0 Å². The number of phenolic OH excluding ortho intramolecular Hbond substituents is 2. The maximum Gasteiger partial charge on any atom is 0.318 e. The lowest BCUT2D eigenvalue weighted by Gasteiger charge is -2.09. The number of benzene rings is 1. The Morgan fingerprint density at radius 2 is 1.69 bits per heavy atom. The largest absolute Gasteiger partial charge is 0.508 e. The SMILES string of the molecule is O=C(O)C(Cc1ccc(O)cc1O)C(=O)O. The summed E-state index contributed by atoms with van der Waals surface area (Å²) in [7, 11) is 0. The summed E-state index contributed by atoms with van der Waals surface area (Å²) >= 11 is 0. The van der Waals surface area contributed by atoms with Crippen molar-refractivity contribution in [3.63, 3.8) is 0 Å². The first-order chi connectivity index (χ1) is 7.41. The molecule has 6 nitrogen and oxygen atoms in total. The monoisotopic (exact) mass is 226 g/mol. The zero-order valence-electron chi connectivity index (χ0n) is 8.12. The molecule has 0 spiro atoms. The van der Waals surface area contributed by atoms with E-state index in [0.29, 0.717) is 0 Å². The molecule has 0 unspecified atom stereocenters. The maximum absolute atomic E-state index is 10.6. The second kappa shape index (κ2) is 4.52. The van der Waals surface area contributed by atoms with E-state index in [9.17, 15) is 14.7 Å². The van der Waals surface area contributed by atoms with Gasteiger partial charge in [-0.2, -0.15) is 0 Å². The van der Waals surface area contributed by atoms with Gasteiger partial charge in [0.15, 0.2) is 5.92 Å². The number of carbonyl (C=O) groups is 2. The topological polar surface area (TPSA) is 115 Å². The molecule has 0 atom stereocenters. The Balaban J connectivity index is 2.94. The normalized spacial score (nSPS) is 10.3. The van der Waals surface area contributed by atoms with Crippen molar-refractivity contribution in [1.29, 1.82) is 0 Å². The molecule has 6 heteroatoms. The quantitative estimate of drug-likeness (QED) is 0.553. The van der Waals surface area contributed by atoms with E-state index in [1.165, 1.54) is 12.1 Å². The van der Waals surface area contributed by atoms with Crippen LogP contribution in [0, 0.1) is 5.92 Å². The molecule has 0 heterocycles. The first-order valence-electron chi connectivity index (χ1n) is 4.38. The van der Waals surface area contributed by atoms with Crippen molar-refractivity contribution in [2.75, 3.05) is 0 Å². The Kier molecular flexibility index (Phi) is 3.34. The molecule has 0 aliphatic heterocycles. The summed E-state index contributed by atoms with van der Waals surface area (Å²) in [6, 6.07) is 3.55. The summed E-state index contributed by atoms with van der Waals surface area (Å²) in [6.07, 6.45) is -0.337. The van der Waals surface area contributed by atoms with Crippen LogP contribution in [-0.4, -0.2) is 32.4 Å². The van der Waals surface area contributed by atoms with Crippen molar-refractivity contribution in [2.24, 2.45) is 5.92 Å². The van der Waals surface area contributed by atoms with Crippen molar-refractivity contribution >= 4 is 11.9 Å². The van der Waals surface area contributed by atoms with Gasteiger partial charge in [0.2, 0.25) is 0 Å². The van der Waals surface area contributed by atoms with Crippen molar-refractivity contribution < 1.29 is 30.0 Å². The number of aliphatic carboxylic acids is 2. The molecule has 1 aromatic rings. The number of aromatic hydroxyl groups is 2. The van der Waals surface area contributed by atoms with Gasteiger partial charge in [-0.25, -0.2) is 0 Å². The molecule has 4 N–H and O–H groups in total. The average molecular weight is 226 g/mol. The number of rotatable bonds is 4. The third kappa shape index (κ3) is 2.63. The molecule has 0 radical (unpaired) electrons. The van der Waals surface area contributed by atoms with Gasteiger partial charge in [-0.1, -0.05) is 6.07 Å². The van der Waals surface area contributed by atoms with Crippen molar-refractivity contribution in [3.05, 3.63) is 23.8 Å². The van der Waals surface area contributed by atoms with E-state index in [-0.39, 0.29) is 23.5 Å². The minimum absolute atomic E-state index is 0.160. The summed E-state index contributed by atoms with van der Waals surface area (Å²) in [6.45, 7) is 0. The van der Waals surface area contributed by atoms with Crippen molar-refractivity contribution in [3.8, 4) is 11.5 Å². The Morgan fingerprint density at radius 3 is 2.12 bits per heavy atom. The molecule has 0 aliphatic carbocycles. The molecule has 0 aliphatic rings. The Hall–Kier alpha value is -2.24. The third-order valence-electron chi connectivity index (χ3n) is 2.09. The standard InChI is InChI=1S/C10H10O6/c11-6-2-1-5(8(12)4-6)3-7(9(13)14)10(15)16/h1-2,4,7,11-12H,3H2,(H,13,14)(H,15,16). The third-order valence-corrected chi connectivity index (χ3v) is 2.09. The van der Waals surface area contributed by atoms with Crippen LogP contribution in [0.1, 0.15) is 5.56 Å². The van der Waals surface area contributed by atoms with Crippen LogP contribution in [0.5, 0.6) is 11.5 Å². The van der Waals surface area contributed by atoms with Crippen LogP contribution in [0.3, 0.4) is 0 Å². The molecule has 0 aromatic heterocycles. The van der Waals surface area contributed by atoms with Gasteiger partial charge in [-0.3, -0.25) is 9.59 Å². The number of carboxylic acid groups (broad SMARTS) is 2. The van der Waals surface area contributed by atoms with Crippen LogP contribution in [-0.2, 0) is 16.0 Å². The van der Waals surface area contributed by atoms with Gasteiger partial charge in [0.25, 0.3) is 0 Å². The van der Waals surface area contributed by atoms with Crippen LogP contribution < -0.4 is 0 Å². The van der Waals surface area contributed by atoms with E-state index >= 15 is 0 Å². The molecule has 0 saturated carbocycles. The minimum atomic E-state index is -1.62. The summed E-state index contributed by atoms with van der Waals surface area (Å²) in [5.74, 6) is -5.06. The fourth-order valence-electron chi connectivity index (χ4n) is 1.23. The second-order valence-electron chi connectivity index (χ2n) is 3.25. The molecular weight excluding hydrogens is 216 g/mol. The number of hydrogen-bond acceptors (Lipinski definition) is 4. The van der Waals surface area contributed by atoms with Gasteiger partial charge in [-0.05, 0) is 18.1 Å². The number of hydrogen-bond donors (Lipinski definition) is 4. The molecular formula is C10H10O6. The van der Waals surface area contributed by atoms with Gasteiger partial charge < -0.3 is 20.4 Å². The van der Waals surface area contributed by atoms with Crippen LogP contribution in [0.15, 0.2) is 18.2 Å². The van der Waals surface area contributed by atoms with E-state index in [4.69, 9.17) is 15.3 Å². The zero-order chi connectivity index (χ0) is 12.3. The fourth-order valence-corrected chi connectivity index (χ4v) is 1.23. The van der Waals surface area contributed by atoms with Gasteiger partial charge in [-0.15, -0.1) is 0 Å². The highest BCUT2D eigenvalue weighted by Crippen LogP contribution is 2.25. The Bertz CT molecular complexity index is 411. The van der Waals surface area contributed by atoms with E-state index in [1.54, 1.807) is 0 Å². The molecule has 1 aromatic carbocycles. The average Bonchev–Trinajstić information content (AvgIpc) is 2.15. The van der Waals surface area contributed by atoms with Crippen LogP contribution >= 0.6 is 0 Å². The van der Waals surface area contributed by atoms with Crippen molar-refractivity contribution in [2.45, 2.75) is 6.42 Å². The molecule has 86 valence electrons. The van der Waals surface area contributed by atoms with Gasteiger partial charge in [0.1, 0.15) is 11.5 Å². The van der Waals surface area contributed by atoms with Crippen LogP contribution in [0.2, 0.25) is 0 Å². The highest BCUT2D eigenvalue weighted by atomic mass is 16.4. The predicted octanol–water partition coefficient (Wildman–Crippen LogP) is 0.426. The lowest BCUT2D eigenvalue weighted by molar-refractivity contribution is -0.154. The number of carboxylic acids is 2. The van der Waals surface area contributed by atoms with E-state index in [0.717, 1.165) is 6.07 Å². The zero-order valence-corrected chi connectivity index (χ0v) is 8.12. The van der Waals surface area contributed by atoms with Gasteiger partial charge in [0.05, 0.1) is 0 Å². The summed E-state index contributed by atoms with van der Waals surface area (Å²) in [5, 5.41) is 35.6. The summed E-state index contributed by atoms with van der Waals surface area (Å²) < 4.78 is 0. The molecule has 0 saturated heterocycles. The van der Waals surface area contributed by atoms with Gasteiger partial charge in [0, 0.05) is 6.07 Å². The molecule has 0 bridgehead atoms. The first-order valence-corrected chi connectivity index (χ1v) is 4.38. The molecule has 1 rings (SSSR count). The second-order valence-corrected chi connectivity index (χ2v) is 3.25. The van der Waals surface area contributed by atoms with E-state index < -0.39 is 17.9 Å². The highest BCUT2D eigenvalue weighted by molar-refractivity contribution is 5.93. The van der Waals surface area contributed by atoms with E-state index in [2.05, 4.69) is 0 Å². The molecule has 0 amide bonds. The number of phenols is 2. The van der Waals surface area contributed by atoms with Crippen molar-refractivity contribution in [1.82, 2.24) is 0 Å². The Morgan fingerprint density at radius 1 is 1.12 bits per heavy atom. The lowest BCUT2D eigenvalue weighted by Crippen LogP contribution is -2.25. The Labute approximate surface area is 90.4 Å². The smallest absolute Gasteiger partial charge is 0.318 e. The summed E-state index contributed by atoms with van der Waals surface area (Å²) in [5.41, 5.74) is 0.160. The lowest BCUT2D eigenvalue weighted by atomic mass is 9.99. The minimum Gasteiger partial charge on any atom is -0.508 e. The van der Waals surface area contributed by atoms with Gasteiger partial charge >= 0.3 is 11.9 Å². The van der Waals surface area contributed by atoms with E-state index in [1.807, 2.05) is 0 Å². The predicted molar refractivity (Wildman–Crippen MR) is 52.2 cm³/mol.